The van der Waals surface area contributed by atoms with Gasteiger partial charge in [-0.15, -0.1) is 0 Å². The van der Waals surface area contributed by atoms with Crippen LogP contribution in [0.15, 0.2) is 28.8 Å². The van der Waals surface area contributed by atoms with E-state index in [0.29, 0.717) is 24.1 Å². The fourth-order valence-electron chi connectivity index (χ4n) is 3.68. The number of nitrogens with two attached hydrogens (primary N) is 1. The van der Waals surface area contributed by atoms with Gasteiger partial charge in [0.25, 0.3) is 0 Å². The molecule has 2 fully saturated rings. The van der Waals surface area contributed by atoms with E-state index >= 15 is 0 Å². The molecule has 1 aromatic heterocycles. The molecular weight excluding hydrogens is 413 g/mol. The molecule has 8 nitrogen and oxygen atoms in total. The number of hydrogen-bond acceptors (Lipinski definition) is 6. The van der Waals surface area contributed by atoms with Crippen molar-refractivity contribution in [2.45, 2.75) is 42.8 Å². The van der Waals surface area contributed by atoms with Crippen LogP contribution in [-0.4, -0.2) is 52.4 Å². The van der Waals surface area contributed by atoms with Gasteiger partial charge in [0.15, 0.2) is 5.41 Å². The normalized spacial score (nSPS) is 22.2. The Balaban J connectivity index is 1.50. The molecule has 0 unspecified atom stereocenters. The van der Waals surface area contributed by atoms with Gasteiger partial charge in [-0.05, 0) is 49.9 Å². The predicted octanol–water partition coefficient (Wildman–Crippen LogP) is 2.71. The highest BCUT2D eigenvalue weighted by atomic mass is 19.4. The zero-order chi connectivity index (χ0) is 22.3. The van der Waals surface area contributed by atoms with Crippen molar-refractivity contribution < 1.29 is 22.5 Å². The molecule has 2 aromatic rings. The zero-order valence-electron chi connectivity index (χ0n) is 16.6. The molecule has 0 bridgehead atoms. The Hall–Kier alpha value is -3.13. The van der Waals surface area contributed by atoms with Crippen LogP contribution in [0, 0.1) is 11.3 Å². The number of urea groups is 1. The van der Waals surface area contributed by atoms with Crippen LogP contribution in [0.1, 0.15) is 37.1 Å². The predicted molar refractivity (Wildman–Crippen MR) is 103 cm³/mol. The van der Waals surface area contributed by atoms with E-state index in [1.165, 1.54) is 24.3 Å². The molecule has 31 heavy (non-hydrogen) atoms. The third-order valence-corrected chi connectivity index (χ3v) is 6.00. The van der Waals surface area contributed by atoms with Crippen molar-refractivity contribution in [3.8, 4) is 17.5 Å². The average Bonchev–Trinajstić information content (AvgIpc) is 3.15. The molecular formula is C20H21F3N6O2. The van der Waals surface area contributed by atoms with Crippen LogP contribution in [0.4, 0.5) is 18.0 Å². The molecule has 4 rings (SSSR count). The molecule has 1 atom stereocenters. The van der Waals surface area contributed by atoms with E-state index in [4.69, 9.17) is 15.5 Å². The first-order valence-electron chi connectivity index (χ1n) is 9.89. The van der Waals surface area contributed by atoms with E-state index < -0.39 is 30.1 Å². The molecule has 2 heterocycles. The number of nitriles is 1. The quantitative estimate of drug-likeness (QED) is 0.746. The number of aromatic nitrogens is 2. The summed E-state index contributed by atoms with van der Waals surface area (Å²) in [5.41, 5.74) is 4.11. The molecule has 1 saturated heterocycles. The number of benzene rings is 1. The smallest absolute Gasteiger partial charge is 0.338 e. The van der Waals surface area contributed by atoms with Crippen LogP contribution in [0.3, 0.4) is 0 Å². The van der Waals surface area contributed by atoms with Crippen molar-refractivity contribution in [2.24, 2.45) is 5.73 Å². The molecule has 1 saturated carbocycles. The van der Waals surface area contributed by atoms with Gasteiger partial charge in [0, 0.05) is 30.7 Å². The molecule has 11 heteroatoms. The summed E-state index contributed by atoms with van der Waals surface area (Å²) in [5, 5.41) is 15.2. The first-order chi connectivity index (χ1) is 14.7. The van der Waals surface area contributed by atoms with E-state index in [1.807, 2.05) is 6.07 Å². The van der Waals surface area contributed by atoms with Crippen molar-refractivity contribution in [2.75, 3.05) is 19.6 Å². The van der Waals surface area contributed by atoms with Gasteiger partial charge >= 0.3 is 12.2 Å². The molecule has 2 aliphatic rings. The van der Waals surface area contributed by atoms with E-state index in [1.54, 1.807) is 0 Å². The number of likely N-dealkylation sites (tertiary alicyclic amines) is 1. The lowest BCUT2D eigenvalue weighted by atomic mass is 9.86. The van der Waals surface area contributed by atoms with E-state index in [-0.39, 0.29) is 24.3 Å². The monoisotopic (exact) mass is 434 g/mol. The third kappa shape index (κ3) is 4.07. The third-order valence-electron chi connectivity index (χ3n) is 6.00. The SMILES string of the molecule is N#Cc1ccc(-c2noc([C@]3(C(F)(F)F)CCN(C(=O)NCCC4(N)CC4)C3)n2)cc1. The molecule has 1 aliphatic heterocycles. The summed E-state index contributed by atoms with van der Waals surface area (Å²) in [6, 6.07) is 7.49. The Morgan fingerprint density at radius 1 is 1.29 bits per heavy atom. The maximum atomic E-state index is 14.1. The number of carbonyl (C=O) groups is 1. The number of hydrogen-bond donors (Lipinski definition) is 2. The number of alkyl halides is 3. The second-order valence-electron chi connectivity index (χ2n) is 8.21. The van der Waals surface area contributed by atoms with Gasteiger partial charge in [-0.2, -0.15) is 23.4 Å². The van der Waals surface area contributed by atoms with Gasteiger partial charge < -0.3 is 20.5 Å². The minimum absolute atomic E-state index is 0.0105. The van der Waals surface area contributed by atoms with Crippen LogP contribution in [-0.2, 0) is 5.41 Å². The Kier molecular flexibility index (Phi) is 5.13. The number of rotatable bonds is 5. The first kappa shape index (κ1) is 21.1. The number of amides is 2. The van der Waals surface area contributed by atoms with Gasteiger partial charge in [-0.1, -0.05) is 5.16 Å². The molecule has 0 spiro atoms. The molecule has 1 aliphatic carbocycles. The summed E-state index contributed by atoms with van der Waals surface area (Å²) in [6.45, 7) is -0.382. The summed E-state index contributed by atoms with van der Waals surface area (Å²) >= 11 is 0. The summed E-state index contributed by atoms with van der Waals surface area (Å²) in [7, 11) is 0. The molecule has 2 amide bonds. The van der Waals surface area contributed by atoms with Crippen LogP contribution < -0.4 is 11.1 Å². The molecule has 1 aromatic carbocycles. The zero-order valence-corrected chi connectivity index (χ0v) is 16.6. The fraction of sp³-hybridized carbons (Fsp3) is 0.500. The highest BCUT2D eigenvalue weighted by molar-refractivity contribution is 5.74. The number of nitrogens with one attached hydrogen (secondary N) is 1. The number of carbonyl (C=O) groups excluding carboxylic acids is 1. The van der Waals surface area contributed by atoms with Gasteiger partial charge in [0.1, 0.15) is 0 Å². The minimum Gasteiger partial charge on any atom is -0.338 e. The fourth-order valence-corrected chi connectivity index (χ4v) is 3.68. The number of halogens is 3. The van der Waals surface area contributed by atoms with E-state index in [0.717, 1.165) is 17.7 Å². The lowest BCUT2D eigenvalue weighted by Crippen LogP contribution is -2.47. The van der Waals surface area contributed by atoms with Crippen LogP contribution in [0.5, 0.6) is 0 Å². The number of nitrogens with zero attached hydrogens (tertiary/aromatic N) is 4. The molecule has 3 N–H and O–H groups in total. The Labute approximate surface area is 176 Å². The lowest BCUT2D eigenvalue weighted by Gasteiger charge is -2.28. The standard InChI is InChI=1S/C20H21F3N6O2/c21-20(22,23)19(8-10-29(12-19)17(30)26-9-7-18(25)5-6-18)16-27-15(28-31-16)14-3-1-13(11-24)2-4-14/h1-4H,5-10,12,25H2,(H,26,30)/t19-/m0/s1. The van der Waals surface area contributed by atoms with Crippen LogP contribution >= 0.6 is 0 Å². The highest BCUT2D eigenvalue weighted by Crippen LogP contribution is 2.47. The minimum atomic E-state index is -4.69. The van der Waals surface area contributed by atoms with Crippen molar-refractivity contribution in [3.63, 3.8) is 0 Å². The second kappa shape index (κ2) is 7.53. The Morgan fingerprint density at radius 3 is 2.61 bits per heavy atom. The lowest BCUT2D eigenvalue weighted by molar-refractivity contribution is -0.193. The first-order valence-corrected chi connectivity index (χ1v) is 9.89. The topological polar surface area (TPSA) is 121 Å². The summed E-state index contributed by atoms with van der Waals surface area (Å²) < 4.78 is 47.4. The summed E-state index contributed by atoms with van der Waals surface area (Å²) in [6.07, 6.45) is -2.69. The largest absolute Gasteiger partial charge is 0.405 e. The molecule has 0 radical (unpaired) electrons. The summed E-state index contributed by atoms with van der Waals surface area (Å²) in [4.78, 5) is 17.5. The van der Waals surface area contributed by atoms with Crippen LogP contribution in [0.25, 0.3) is 11.4 Å². The van der Waals surface area contributed by atoms with Gasteiger partial charge in [-0.25, -0.2) is 4.79 Å². The highest BCUT2D eigenvalue weighted by Gasteiger charge is 2.63. The van der Waals surface area contributed by atoms with E-state index in [2.05, 4.69) is 15.5 Å². The second-order valence-corrected chi connectivity index (χ2v) is 8.21. The van der Waals surface area contributed by atoms with Gasteiger partial charge in [0.05, 0.1) is 11.6 Å². The maximum Gasteiger partial charge on any atom is 0.405 e. The van der Waals surface area contributed by atoms with Crippen molar-refractivity contribution >= 4 is 6.03 Å². The van der Waals surface area contributed by atoms with E-state index in [9.17, 15) is 18.0 Å². The van der Waals surface area contributed by atoms with Crippen LogP contribution in [0.2, 0.25) is 0 Å². The maximum absolute atomic E-state index is 14.1. The summed E-state index contributed by atoms with van der Waals surface area (Å²) in [5.74, 6) is -0.586. The van der Waals surface area contributed by atoms with Crippen molar-refractivity contribution in [1.29, 1.82) is 5.26 Å². The van der Waals surface area contributed by atoms with Crippen molar-refractivity contribution in [3.05, 3.63) is 35.7 Å². The molecule has 164 valence electrons. The van der Waals surface area contributed by atoms with Crippen molar-refractivity contribution in [1.82, 2.24) is 20.4 Å². The van der Waals surface area contributed by atoms with Gasteiger partial charge in [-0.3, -0.25) is 0 Å². The average molecular weight is 434 g/mol. The Morgan fingerprint density at radius 2 is 2.00 bits per heavy atom. The van der Waals surface area contributed by atoms with Gasteiger partial charge in [0.2, 0.25) is 11.7 Å². The Bertz CT molecular complexity index is 1010.